The lowest BCUT2D eigenvalue weighted by Gasteiger charge is -2.16. The maximum absolute atomic E-state index is 12.5. The Balaban J connectivity index is 1.56. The fourth-order valence-electron chi connectivity index (χ4n) is 2.37. The summed E-state index contributed by atoms with van der Waals surface area (Å²) in [7, 11) is 1.80. The third-order valence-corrected chi connectivity index (χ3v) is 5.45. The van der Waals surface area contributed by atoms with Gasteiger partial charge in [-0.25, -0.2) is 0 Å². The van der Waals surface area contributed by atoms with E-state index in [9.17, 15) is 9.59 Å². The summed E-state index contributed by atoms with van der Waals surface area (Å²) in [6, 6.07) is 15.0. The summed E-state index contributed by atoms with van der Waals surface area (Å²) in [5.74, 6) is -0.0894. The van der Waals surface area contributed by atoms with Crippen molar-refractivity contribution in [2.24, 2.45) is 0 Å². The van der Waals surface area contributed by atoms with Crippen LogP contribution in [0.15, 0.2) is 59.3 Å². The van der Waals surface area contributed by atoms with Gasteiger partial charge >= 0.3 is 0 Å². The van der Waals surface area contributed by atoms with Crippen molar-refractivity contribution in [1.82, 2.24) is 10.2 Å². The summed E-state index contributed by atoms with van der Waals surface area (Å²) in [6.45, 7) is 1.05. The van der Waals surface area contributed by atoms with Crippen LogP contribution in [0.4, 0.5) is 0 Å². The molecule has 1 N–H and O–H groups in total. The van der Waals surface area contributed by atoms with Gasteiger partial charge in [0.25, 0.3) is 11.8 Å². The highest BCUT2D eigenvalue weighted by Crippen LogP contribution is 2.14. The van der Waals surface area contributed by atoms with E-state index in [0.717, 1.165) is 10.4 Å². The number of hydrogen-bond donors (Lipinski definition) is 1. The van der Waals surface area contributed by atoms with Gasteiger partial charge in [0.05, 0.1) is 11.4 Å². The number of benzene rings is 1. The highest BCUT2D eigenvalue weighted by atomic mass is 32.1. The molecule has 0 atom stereocenters. The molecular formula is C19H18N2O2S2. The molecule has 4 nitrogen and oxygen atoms in total. The van der Waals surface area contributed by atoms with Gasteiger partial charge < -0.3 is 10.2 Å². The molecule has 6 heteroatoms. The zero-order valence-corrected chi connectivity index (χ0v) is 15.4. The molecule has 0 aliphatic heterocycles. The van der Waals surface area contributed by atoms with E-state index in [1.54, 1.807) is 41.5 Å². The molecule has 0 aliphatic rings. The van der Waals surface area contributed by atoms with Gasteiger partial charge in [0, 0.05) is 24.0 Å². The van der Waals surface area contributed by atoms with Crippen molar-refractivity contribution in [2.75, 3.05) is 7.05 Å². The Morgan fingerprint density at radius 3 is 2.36 bits per heavy atom. The third kappa shape index (κ3) is 4.55. The number of thiophene rings is 2. The first-order valence-electron chi connectivity index (χ1n) is 7.82. The standard InChI is InChI=1S/C19H18N2O2S2/c1-21(13-16-4-2-10-24-16)19(23)15-8-6-14(7-9-15)12-20-18(22)17-5-3-11-25-17/h2-11H,12-13H2,1H3,(H,20,22). The van der Waals surface area contributed by atoms with E-state index in [4.69, 9.17) is 0 Å². The molecule has 2 amide bonds. The Bertz CT molecular complexity index is 825. The Kier molecular flexibility index (Phi) is 5.63. The SMILES string of the molecule is CN(Cc1cccs1)C(=O)c1ccc(CNC(=O)c2cccs2)cc1. The molecule has 0 spiro atoms. The number of rotatable bonds is 6. The smallest absolute Gasteiger partial charge is 0.261 e. The van der Waals surface area contributed by atoms with E-state index in [-0.39, 0.29) is 11.8 Å². The zero-order chi connectivity index (χ0) is 17.6. The summed E-state index contributed by atoms with van der Waals surface area (Å²) in [6.07, 6.45) is 0. The second-order valence-electron chi connectivity index (χ2n) is 5.60. The summed E-state index contributed by atoms with van der Waals surface area (Å²) in [5.41, 5.74) is 1.61. The van der Waals surface area contributed by atoms with Crippen LogP contribution in [-0.4, -0.2) is 23.8 Å². The largest absolute Gasteiger partial charge is 0.347 e. The van der Waals surface area contributed by atoms with Gasteiger partial charge in [-0.2, -0.15) is 0 Å². The molecule has 1 aromatic carbocycles. The van der Waals surface area contributed by atoms with Gasteiger partial charge in [-0.3, -0.25) is 9.59 Å². The number of carbonyl (C=O) groups excluding carboxylic acids is 2. The maximum Gasteiger partial charge on any atom is 0.261 e. The highest BCUT2D eigenvalue weighted by molar-refractivity contribution is 7.12. The molecule has 0 aliphatic carbocycles. The maximum atomic E-state index is 12.5. The van der Waals surface area contributed by atoms with Crippen LogP contribution in [0.3, 0.4) is 0 Å². The summed E-state index contributed by atoms with van der Waals surface area (Å²) < 4.78 is 0. The molecule has 3 rings (SSSR count). The lowest BCUT2D eigenvalue weighted by Crippen LogP contribution is -2.26. The minimum atomic E-state index is -0.0779. The molecule has 0 unspecified atom stereocenters. The average molecular weight is 370 g/mol. The van der Waals surface area contributed by atoms with E-state index in [0.29, 0.717) is 23.5 Å². The van der Waals surface area contributed by atoms with Crippen LogP contribution in [0.25, 0.3) is 0 Å². The van der Waals surface area contributed by atoms with Crippen LogP contribution in [0.5, 0.6) is 0 Å². The van der Waals surface area contributed by atoms with E-state index in [1.807, 2.05) is 41.1 Å². The quantitative estimate of drug-likeness (QED) is 0.713. The molecule has 2 heterocycles. The first-order valence-corrected chi connectivity index (χ1v) is 9.58. The van der Waals surface area contributed by atoms with Crippen LogP contribution in [0.2, 0.25) is 0 Å². The molecule has 0 saturated heterocycles. The highest BCUT2D eigenvalue weighted by Gasteiger charge is 2.12. The van der Waals surface area contributed by atoms with Gasteiger partial charge in [-0.05, 0) is 40.6 Å². The Morgan fingerprint density at radius 1 is 1.00 bits per heavy atom. The van der Waals surface area contributed by atoms with Gasteiger partial charge in [-0.15, -0.1) is 22.7 Å². The Morgan fingerprint density at radius 2 is 1.72 bits per heavy atom. The molecule has 25 heavy (non-hydrogen) atoms. The van der Waals surface area contributed by atoms with Crippen LogP contribution < -0.4 is 5.32 Å². The fraction of sp³-hybridized carbons (Fsp3) is 0.158. The van der Waals surface area contributed by atoms with E-state index >= 15 is 0 Å². The van der Waals surface area contributed by atoms with Crippen molar-refractivity contribution >= 4 is 34.5 Å². The van der Waals surface area contributed by atoms with Crippen molar-refractivity contribution in [3.05, 3.63) is 80.2 Å². The van der Waals surface area contributed by atoms with Crippen LogP contribution >= 0.6 is 22.7 Å². The van der Waals surface area contributed by atoms with Crippen LogP contribution in [-0.2, 0) is 13.1 Å². The molecule has 0 bridgehead atoms. The molecular weight excluding hydrogens is 352 g/mol. The van der Waals surface area contributed by atoms with E-state index in [1.165, 1.54) is 11.3 Å². The molecule has 0 fully saturated rings. The summed E-state index contributed by atoms with van der Waals surface area (Å²) in [4.78, 5) is 28.0. The molecule has 2 aromatic heterocycles. The minimum absolute atomic E-state index is 0.0115. The van der Waals surface area contributed by atoms with Crippen molar-refractivity contribution in [2.45, 2.75) is 13.1 Å². The van der Waals surface area contributed by atoms with E-state index in [2.05, 4.69) is 5.32 Å². The minimum Gasteiger partial charge on any atom is -0.347 e. The predicted octanol–water partition coefficient (Wildman–Crippen LogP) is 4.01. The van der Waals surface area contributed by atoms with Gasteiger partial charge in [-0.1, -0.05) is 24.3 Å². The lowest BCUT2D eigenvalue weighted by atomic mass is 10.1. The van der Waals surface area contributed by atoms with Crippen molar-refractivity contribution in [1.29, 1.82) is 0 Å². The van der Waals surface area contributed by atoms with Crippen molar-refractivity contribution in [3.63, 3.8) is 0 Å². The lowest BCUT2D eigenvalue weighted by molar-refractivity contribution is 0.0786. The summed E-state index contributed by atoms with van der Waals surface area (Å²) in [5, 5.41) is 6.76. The van der Waals surface area contributed by atoms with Gasteiger partial charge in [0.2, 0.25) is 0 Å². The van der Waals surface area contributed by atoms with Gasteiger partial charge in [0.15, 0.2) is 0 Å². The average Bonchev–Trinajstić information content (AvgIpc) is 3.33. The second kappa shape index (κ2) is 8.09. The summed E-state index contributed by atoms with van der Waals surface area (Å²) >= 11 is 3.06. The fourth-order valence-corrected chi connectivity index (χ4v) is 3.77. The monoisotopic (exact) mass is 370 g/mol. The number of nitrogens with zero attached hydrogens (tertiary/aromatic N) is 1. The Hall–Kier alpha value is -2.44. The Labute approximate surface area is 154 Å². The molecule has 128 valence electrons. The molecule has 0 saturated carbocycles. The van der Waals surface area contributed by atoms with Crippen LogP contribution in [0.1, 0.15) is 30.5 Å². The van der Waals surface area contributed by atoms with Crippen molar-refractivity contribution in [3.8, 4) is 0 Å². The number of amides is 2. The number of nitrogens with one attached hydrogen (secondary N) is 1. The third-order valence-electron chi connectivity index (χ3n) is 3.72. The first kappa shape index (κ1) is 17.4. The van der Waals surface area contributed by atoms with Gasteiger partial charge in [0.1, 0.15) is 0 Å². The second-order valence-corrected chi connectivity index (χ2v) is 7.58. The molecule has 0 radical (unpaired) electrons. The topological polar surface area (TPSA) is 49.4 Å². The van der Waals surface area contributed by atoms with Crippen molar-refractivity contribution < 1.29 is 9.59 Å². The first-order chi connectivity index (χ1) is 12.1. The predicted molar refractivity (Wildman–Crippen MR) is 102 cm³/mol. The zero-order valence-electron chi connectivity index (χ0n) is 13.8. The normalized spacial score (nSPS) is 10.4. The van der Waals surface area contributed by atoms with Crippen LogP contribution in [0, 0.1) is 0 Å². The molecule has 3 aromatic rings. The number of carbonyl (C=O) groups is 2. The number of hydrogen-bond acceptors (Lipinski definition) is 4. The van der Waals surface area contributed by atoms with E-state index < -0.39 is 0 Å².